The van der Waals surface area contributed by atoms with Crippen molar-refractivity contribution in [3.63, 3.8) is 0 Å². The molecule has 3 heterocycles. The second-order valence-corrected chi connectivity index (χ2v) is 6.52. The van der Waals surface area contributed by atoms with Crippen LogP contribution in [0.15, 0.2) is 40.9 Å². The first kappa shape index (κ1) is 18.3. The Kier molecular flexibility index (Phi) is 4.26. The molecule has 0 radical (unpaired) electrons. The van der Waals surface area contributed by atoms with Crippen LogP contribution in [0.2, 0.25) is 5.02 Å². The van der Waals surface area contributed by atoms with Crippen molar-refractivity contribution in [2.75, 3.05) is 0 Å². The first-order valence-electron chi connectivity index (χ1n) is 8.12. The van der Waals surface area contributed by atoms with E-state index in [1.807, 2.05) is 0 Å². The van der Waals surface area contributed by atoms with E-state index >= 15 is 0 Å². The van der Waals surface area contributed by atoms with Crippen molar-refractivity contribution in [1.29, 1.82) is 0 Å². The van der Waals surface area contributed by atoms with Crippen LogP contribution in [-0.4, -0.2) is 20.5 Å². The summed E-state index contributed by atoms with van der Waals surface area (Å²) >= 11 is 6.08. The SMILES string of the molecule is Cc1c(C(=O)NCc2nnc3ccc(C(F)(F)F)cn23)oc2c(Cl)cccc12. The molecule has 4 rings (SSSR count). The summed E-state index contributed by atoms with van der Waals surface area (Å²) in [6, 6.07) is 7.31. The summed E-state index contributed by atoms with van der Waals surface area (Å²) in [5.74, 6) is -0.303. The fourth-order valence-corrected chi connectivity index (χ4v) is 3.10. The van der Waals surface area contributed by atoms with Crippen molar-refractivity contribution >= 4 is 34.1 Å². The third-order valence-electron chi connectivity index (χ3n) is 4.33. The van der Waals surface area contributed by atoms with Crippen molar-refractivity contribution < 1.29 is 22.4 Å². The Hall–Kier alpha value is -3.07. The Bertz CT molecular complexity index is 1210. The normalized spacial score (nSPS) is 12.0. The second-order valence-electron chi connectivity index (χ2n) is 6.12. The summed E-state index contributed by atoms with van der Waals surface area (Å²) in [6.07, 6.45) is -3.60. The number of alkyl halides is 3. The molecule has 0 bridgehead atoms. The molecule has 6 nitrogen and oxygen atoms in total. The zero-order chi connectivity index (χ0) is 20.1. The summed E-state index contributed by atoms with van der Waals surface area (Å²) in [5, 5.41) is 11.3. The summed E-state index contributed by atoms with van der Waals surface area (Å²) < 4.78 is 45.5. The fraction of sp³-hybridized carbons (Fsp3) is 0.167. The Balaban J connectivity index is 1.60. The number of rotatable bonds is 3. The standard InChI is InChI=1S/C18H12ClF3N4O2/c1-9-11-3-2-4-12(19)16(11)28-15(9)17(27)23-7-14-25-24-13-6-5-10(8-26(13)14)18(20,21)22/h2-6,8H,7H2,1H3,(H,23,27). The monoisotopic (exact) mass is 408 g/mol. The third kappa shape index (κ3) is 3.07. The van der Waals surface area contributed by atoms with E-state index in [1.165, 1.54) is 10.5 Å². The van der Waals surface area contributed by atoms with Crippen molar-refractivity contribution in [3.8, 4) is 0 Å². The predicted molar refractivity (Wildman–Crippen MR) is 95.1 cm³/mol. The molecule has 0 spiro atoms. The number of halogens is 4. The van der Waals surface area contributed by atoms with Crippen LogP contribution in [0.5, 0.6) is 0 Å². The van der Waals surface area contributed by atoms with Gasteiger partial charge in [-0.2, -0.15) is 13.2 Å². The van der Waals surface area contributed by atoms with Crippen LogP contribution >= 0.6 is 11.6 Å². The maximum Gasteiger partial charge on any atom is 0.417 e. The van der Waals surface area contributed by atoms with E-state index < -0.39 is 17.6 Å². The lowest BCUT2D eigenvalue weighted by molar-refractivity contribution is -0.137. The Morgan fingerprint density at radius 1 is 1.25 bits per heavy atom. The van der Waals surface area contributed by atoms with Crippen LogP contribution in [0.4, 0.5) is 13.2 Å². The van der Waals surface area contributed by atoms with E-state index in [-0.39, 0.29) is 23.8 Å². The van der Waals surface area contributed by atoms with Crippen molar-refractivity contribution in [2.45, 2.75) is 19.6 Å². The highest BCUT2D eigenvalue weighted by Gasteiger charge is 2.31. The molecule has 0 aliphatic heterocycles. The van der Waals surface area contributed by atoms with Gasteiger partial charge in [0.15, 0.2) is 22.8 Å². The number of hydrogen-bond acceptors (Lipinski definition) is 4. The lowest BCUT2D eigenvalue weighted by Gasteiger charge is -2.08. The van der Waals surface area contributed by atoms with Crippen LogP contribution in [0.3, 0.4) is 0 Å². The van der Waals surface area contributed by atoms with Gasteiger partial charge in [-0.05, 0) is 25.1 Å². The zero-order valence-electron chi connectivity index (χ0n) is 14.3. The van der Waals surface area contributed by atoms with E-state index in [0.717, 1.165) is 12.3 Å². The van der Waals surface area contributed by atoms with Gasteiger partial charge in [0.1, 0.15) is 0 Å². The molecule has 4 aromatic rings. The van der Waals surface area contributed by atoms with E-state index in [1.54, 1.807) is 25.1 Å². The quantitative estimate of drug-likeness (QED) is 0.546. The average Bonchev–Trinajstić information content (AvgIpc) is 3.21. The molecule has 144 valence electrons. The van der Waals surface area contributed by atoms with E-state index in [0.29, 0.717) is 21.6 Å². The minimum atomic E-state index is -4.50. The summed E-state index contributed by atoms with van der Waals surface area (Å²) in [7, 11) is 0. The molecule has 0 unspecified atom stereocenters. The smallest absolute Gasteiger partial charge is 0.417 e. The highest BCUT2D eigenvalue weighted by Crippen LogP contribution is 2.31. The number of carbonyl (C=O) groups is 1. The van der Waals surface area contributed by atoms with Gasteiger partial charge >= 0.3 is 6.18 Å². The molecule has 28 heavy (non-hydrogen) atoms. The van der Waals surface area contributed by atoms with Gasteiger partial charge in [0.05, 0.1) is 17.1 Å². The van der Waals surface area contributed by atoms with Crippen LogP contribution in [0, 0.1) is 6.92 Å². The number of pyridine rings is 1. The zero-order valence-corrected chi connectivity index (χ0v) is 15.1. The number of nitrogens with zero attached hydrogens (tertiary/aromatic N) is 3. The fourth-order valence-electron chi connectivity index (χ4n) is 2.89. The molecule has 1 aromatic carbocycles. The van der Waals surface area contributed by atoms with Crippen LogP contribution in [0.1, 0.15) is 27.5 Å². The van der Waals surface area contributed by atoms with Gasteiger partial charge in [0.25, 0.3) is 5.91 Å². The molecule has 1 amide bonds. The van der Waals surface area contributed by atoms with Gasteiger partial charge in [-0.3, -0.25) is 9.20 Å². The Morgan fingerprint density at radius 2 is 2.04 bits per heavy atom. The minimum absolute atomic E-state index is 0.0768. The number of fused-ring (bicyclic) bond motifs is 2. The molecule has 0 aliphatic carbocycles. The highest BCUT2D eigenvalue weighted by atomic mass is 35.5. The van der Waals surface area contributed by atoms with Gasteiger partial charge in [0.2, 0.25) is 0 Å². The lowest BCUT2D eigenvalue weighted by atomic mass is 10.1. The summed E-state index contributed by atoms with van der Waals surface area (Å²) in [6.45, 7) is 1.59. The number of nitrogens with one attached hydrogen (secondary N) is 1. The number of aryl methyl sites for hydroxylation is 1. The van der Waals surface area contributed by atoms with Crippen LogP contribution < -0.4 is 5.32 Å². The number of amides is 1. The summed E-state index contributed by atoms with van der Waals surface area (Å²) in [5.41, 5.74) is 0.411. The molecule has 0 aliphatic rings. The Morgan fingerprint density at radius 3 is 2.75 bits per heavy atom. The van der Waals surface area contributed by atoms with E-state index in [9.17, 15) is 18.0 Å². The van der Waals surface area contributed by atoms with E-state index in [4.69, 9.17) is 16.0 Å². The highest BCUT2D eigenvalue weighted by molar-refractivity contribution is 6.35. The van der Waals surface area contributed by atoms with Gasteiger partial charge in [-0.25, -0.2) is 0 Å². The predicted octanol–water partition coefficient (Wildman–Crippen LogP) is 4.39. The van der Waals surface area contributed by atoms with Gasteiger partial charge in [-0.15, -0.1) is 10.2 Å². The maximum atomic E-state index is 12.9. The molecule has 0 saturated carbocycles. The second kappa shape index (κ2) is 6.52. The van der Waals surface area contributed by atoms with Crippen molar-refractivity contribution in [1.82, 2.24) is 19.9 Å². The number of carbonyl (C=O) groups excluding carboxylic acids is 1. The lowest BCUT2D eigenvalue weighted by Crippen LogP contribution is -2.24. The molecule has 0 atom stereocenters. The molecular formula is C18H12ClF3N4O2. The average molecular weight is 409 g/mol. The van der Waals surface area contributed by atoms with Gasteiger partial charge < -0.3 is 9.73 Å². The molecule has 10 heteroatoms. The number of hydrogen-bond donors (Lipinski definition) is 1. The Labute approximate surface area is 160 Å². The van der Waals surface area contributed by atoms with Crippen LogP contribution in [-0.2, 0) is 12.7 Å². The molecule has 0 fully saturated rings. The van der Waals surface area contributed by atoms with Gasteiger partial charge in [0, 0.05) is 17.1 Å². The number of furan rings is 1. The molecule has 1 N–H and O–H groups in total. The molecule has 3 aromatic heterocycles. The number of benzene rings is 1. The van der Waals surface area contributed by atoms with Crippen molar-refractivity contribution in [3.05, 3.63) is 64.3 Å². The van der Waals surface area contributed by atoms with Crippen molar-refractivity contribution in [2.24, 2.45) is 0 Å². The van der Waals surface area contributed by atoms with Gasteiger partial charge in [-0.1, -0.05) is 23.7 Å². The third-order valence-corrected chi connectivity index (χ3v) is 4.63. The van der Waals surface area contributed by atoms with Crippen LogP contribution in [0.25, 0.3) is 16.6 Å². The number of aromatic nitrogens is 3. The molecule has 0 saturated heterocycles. The first-order valence-corrected chi connectivity index (χ1v) is 8.50. The largest absolute Gasteiger partial charge is 0.449 e. The van der Waals surface area contributed by atoms with E-state index in [2.05, 4.69) is 15.5 Å². The minimum Gasteiger partial charge on any atom is -0.449 e. The molecular weight excluding hydrogens is 397 g/mol. The topological polar surface area (TPSA) is 72.4 Å². The maximum absolute atomic E-state index is 12.9. The number of para-hydroxylation sites is 1. The summed E-state index contributed by atoms with van der Waals surface area (Å²) in [4.78, 5) is 12.5. The first-order chi connectivity index (χ1) is 13.3.